The average molecular weight is 323 g/mol. The molecule has 0 bridgehead atoms. The summed E-state index contributed by atoms with van der Waals surface area (Å²) >= 11 is 3.33. The molecule has 5 heteroatoms. The van der Waals surface area contributed by atoms with Crippen LogP contribution >= 0.6 is 15.9 Å². The molecule has 0 aliphatic heterocycles. The van der Waals surface area contributed by atoms with Gasteiger partial charge >= 0.3 is 0 Å². The van der Waals surface area contributed by atoms with E-state index in [2.05, 4.69) is 21.2 Å². The van der Waals surface area contributed by atoms with Crippen LogP contribution in [0.25, 0.3) is 0 Å². The molecule has 1 amide bonds. The quantitative estimate of drug-likeness (QED) is 0.851. The topological polar surface area (TPSA) is 55.1 Å². The van der Waals surface area contributed by atoms with Crippen LogP contribution in [0.3, 0.4) is 0 Å². The largest absolute Gasteiger partial charge is 0.396 e. The highest BCUT2D eigenvalue weighted by Crippen LogP contribution is 2.17. The minimum Gasteiger partial charge on any atom is -0.396 e. The van der Waals surface area contributed by atoms with Gasteiger partial charge in [-0.1, -0.05) is 28.1 Å². The van der Waals surface area contributed by atoms with Gasteiger partial charge in [-0.25, -0.2) is 4.39 Å². The number of carbonyl (C=O) groups is 1. The summed E-state index contributed by atoms with van der Waals surface area (Å²) < 4.78 is 13.9. The van der Waals surface area contributed by atoms with Crippen LogP contribution in [0.2, 0.25) is 0 Å². The van der Waals surface area contributed by atoms with Gasteiger partial charge in [-0.05, 0) is 35.9 Å². The fourth-order valence-electron chi connectivity index (χ4n) is 1.61. The lowest BCUT2D eigenvalue weighted by Crippen LogP contribution is -2.14. The fourth-order valence-corrected chi connectivity index (χ4v) is 1.88. The Balaban J connectivity index is 2.01. The molecule has 0 aromatic heterocycles. The van der Waals surface area contributed by atoms with E-state index < -0.39 is 5.82 Å². The van der Waals surface area contributed by atoms with Crippen LogP contribution < -0.4 is 11.1 Å². The summed E-state index contributed by atoms with van der Waals surface area (Å²) in [6, 6.07) is 11.6. The molecule has 0 heterocycles. The van der Waals surface area contributed by atoms with E-state index in [9.17, 15) is 9.18 Å². The Bertz CT molecular complexity index is 599. The first-order valence-electron chi connectivity index (χ1n) is 5.64. The van der Waals surface area contributed by atoms with Crippen molar-refractivity contribution in [3.05, 3.63) is 58.3 Å². The number of amides is 1. The summed E-state index contributed by atoms with van der Waals surface area (Å²) in [6.45, 7) is 0. The lowest BCUT2D eigenvalue weighted by atomic mass is 10.1. The highest BCUT2D eigenvalue weighted by atomic mass is 79.9. The highest BCUT2D eigenvalue weighted by molar-refractivity contribution is 9.10. The third kappa shape index (κ3) is 3.79. The zero-order valence-electron chi connectivity index (χ0n) is 9.99. The van der Waals surface area contributed by atoms with Crippen LogP contribution in [0.1, 0.15) is 5.56 Å². The Morgan fingerprint density at radius 2 is 1.89 bits per heavy atom. The number of rotatable bonds is 3. The van der Waals surface area contributed by atoms with Crippen LogP contribution in [-0.4, -0.2) is 5.91 Å². The number of hydrogen-bond donors (Lipinski definition) is 2. The Morgan fingerprint density at radius 1 is 1.21 bits per heavy atom. The van der Waals surface area contributed by atoms with E-state index in [4.69, 9.17) is 5.73 Å². The standard InChI is InChI=1S/C14H12BrFN2O/c15-10-3-1-9(2-4-10)7-14(19)18-11-5-6-12(16)13(17)8-11/h1-6,8H,7,17H2,(H,18,19). The molecule has 2 aromatic rings. The SMILES string of the molecule is Nc1cc(NC(=O)Cc2ccc(Br)cc2)ccc1F. The molecule has 0 saturated heterocycles. The van der Waals surface area contributed by atoms with Gasteiger partial charge in [-0.2, -0.15) is 0 Å². The lowest BCUT2D eigenvalue weighted by Gasteiger charge is -2.06. The number of anilines is 2. The maximum atomic E-state index is 13.0. The smallest absolute Gasteiger partial charge is 0.228 e. The predicted octanol–water partition coefficient (Wildman–Crippen LogP) is 3.35. The van der Waals surface area contributed by atoms with E-state index in [1.807, 2.05) is 24.3 Å². The second kappa shape index (κ2) is 5.84. The second-order valence-corrected chi connectivity index (χ2v) is 5.00. The molecule has 2 aromatic carbocycles. The number of nitrogen functional groups attached to an aromatic ring is 1. The van der Waals surface area contributed by atoms with Gasteiger partial charge in [0, 0.05) is 10.2 Å². The normalized spacial score (nSPS) is 10.2. The Kier molecular flexibility index (Phi) is 4.16. The molecule has 3 N–H and O–H groups in total. The van der Waals surface area contributed by atoms with Crippen LogP contribution in [0.15, 0.2) is 46.9 Å². The molecule has 0 aliphatic rings. The molecule has 0 spiro atoms. The van der Waals surface area contributed by atoms with Crippen molar-refractivity contribution in [2.75, 3.05) is 11.1 Å². The zero-order valence-corrected chi connectivity index (χ0v) is 11.6. The summed E-state index contributed by atoms with van der Waals surface area (Å²) in [6.07, 6.45) is 0.255. The molecule has 0 unspecified atom stereocenters. The number of hydrogen-bond acceptors (Lipinski definition) is 2. The summed E-state index contributed by atoms with van der Waals surface area (Å²) in [4.78, 5) is 11.8. The molecular weight excluding hydrogens is 311 g/mol. The monoisotopic (exact) mass is 322 g/mol. The molecule has 3 nitrogen and oxygen atoms in total. The number of nitrogens with two attached hydrogens (primary N) is 1. The predicted molar refractivity (Wildman–Crippen MR) is 77.3 cm³/mol. The van der Waals surface area contributed by atoms with Crippen molar-refractivity contribution in [2.24, 2.45) is 0 Å². The molecule has 0 fully saturated rings. The van der Waals surface area contributed by atoms with E-state index >= 15 is 0 Å². The van der Waals surface area contributed by atoms with Crippen molar-refractivity contribution in [1.29, 1.82) is 0 Å². The first-order chi connectivity index (χ1) is 9.04. The van der Waals surface area contributed by atoms with E-state index in [0.29, 0.717) is 5.69 Å². The fraction of sp³-hybridized carbons (Fsp3) is 0.0714. The van der Waals surface area contributed by atoms with Crippen molar-refractivity contribution in [3.63, 3.8) is 0 Å². The Morgan fingerprint density at radius 3 is 2.53 bits per heavy atom. The van der Waals surface area contributed by atoms with Crippen LogP contribution in [-0.2, 0) is 11.2 Å². The van der Waals surface area contributed by atoms with Crippen molar-refractivity contribution in [1.82, 2.24) is 0 Å². The molecular formula is C14H12BrFN2O. The number of nitrogens with one attached hydrogen (secondary N) is 1. The summed E-state index contributed by atoms with van der Waals surface area (Å²) in [5.41, 5.74) is 6.84. The van der Waals surface area contributed by atoms with E-state index in [1.165, 1.54) is 18.2 Å². The first-order valence-corrected chi connectivity index (χ1v) is 6.43. The van der Waals surface area contributed by atoms with Gasteiger partial charge in [0.15, 0.2) is 0 Å². The highest BCUT2D eigenvalue weighted by Gasteiger charge is 2.06. The van der Waals surface area contributed by atoms with E-state index in [1.54, 1.807) is 0 Å². The van der Waals surface area contributed by atoms with Gasteiger partial charge in [0.2, 0.25) is 5.91 Å². The van der Waals surface area contributed by atoms with Crippen molar-refractivity contribution < 1.29 is 9.18 Å². The van der Waals surface area contributed by atoms with Crippen LogP contribution in [0.5, 0.6) is 0 Å². The minimum atomic E-state index is -0.495. The van der Waals surface area contributed by atoms with Gasteiger partial charge in [-0.15, -0.1) is 0 Å². The molecule has 0 radical (unpaired) electrons. The lowest BCUT2D eigenvalue weighted by molar-refractivity contribution is -0.115. The molecule has 0 aliphatic carbocycles. The molecule has 98 valence electrons. The Labute approximate surface area is 118 Å². The molecule has 2 rings (SSSR count). The summed E-state index contributed by atoms with van der Waals surface area (Å²) in [5, 5.41) is 2.68. The van der Waals surface area contributed by atoms with E-state index in [-0.39, 0.29) is 18.0 Å². The van der Waals surface area contributed by atoms with Crippen molar-refractivity contribution >= 4 is 33.2 Å². The van der Waals surface area contributed by atoms with Crippen molar-refractivity contribution in [2.45, 2.75) is 6.42 Å². The van der Waals surface area contributed by atoms with Gasteiger partial charge in [0.1, 0.15) is 5.82 Å². The molecule has 0 atom stereocenters. The third-order valence-electron chi connectivity index (χ3n) is 2.56. The van der Waals surface area contributed by atoms with Gasteiger partial charge in [0.05, 0.1) is 12.1 Å². The Hall–Kier alpha value is -1.88. The molecule has 0 saturated carbocycles. The van der Waals surface area contributed by atoms with Crippen molar-refractivity contribution in [3.8, 4) is 0 Å². The van der Waals surface area contributed by atoms with Gasteiger partial charge in [-0.3, -0.25) is 4.79 Å². The average Bonchev–Trinajstić information content (AvgIpc) is 2.37. The number of benzene rings is 2. The van der Waals surface area contributed by atoms with E-state index in [0.717, 1.165) is 10.0 Å². The maximum Gasteiger partial charge on any atom is 0.228 e. The summed E-state index contributed by atoms with van der Waals surface area (Å²) in [7, 11) is 0. The molecule has 19 heavy (non-hydrogen) atoms. The zero-order chi connectivity index (χ0) is 13.8. The summed E-state index contributed by atoms with van der Waals surface area (Å²) in [5.74, 6) is -0.667. The number of halogens is 2. The van der Waals surface area contributed by atoms with Gasteiger partial charge in [0.25, 0.3) is 0 Å². The minimum absolute atomic E-state index is 0.0152. The maximum absolute atomic E-state index is 13.0. The van der Waals surface area contributed by atoms with Crippen LogP contribution in [0, 0.1) is 5.82 Å². The second-order valence-electron chi connectivity index (χ2n) is 4.09. The van der Waals surface area contributed by atoms with Crippen LogP contribution in [0.4, 0.5) is 15.8 Å². The number of carbonyl (C=O) groups excluding carboxylic acids is 1. The third-order valence-corrected chi connectivity index (χ3v) is 3.09. The van der Waals surface area contributed by atoms with Gasteiger partial charge < -0.3 is 11.1 Å². The first kappa shape index (κ1) is 13.5.